The molecular weight excluding hydrogens is 931 g/mol. The van der Waals surface area contributed by atoms with Gasteiger partial charge >= 0.3 is 6.03 Å². The van der Waals surface area contributed by atoms with E-state index in [4.69, 9.17) is 15.7 Å². The number of para-hydroxylation sites is 1. The highest BCUT2D eigenvalue weighted by molar-refractivity contribution is 7.13. The van der Waals surface area contributed by atoms with Crippen LogP contribution in [0.3, 0.4) is 0 Å². The highest BCUT2D eigenvalue weighted by Gasteiger charge is 2.46. The summed E-state index contributed by atoms with van der Waals surface area (Å²) in [7, 11) is 0. The second-order valence-electron chi connectivity index (χ2n) is 21.4. The van der Waals surface area contributed by atoms with Crippen molar-refractivity contribution in [3.05, 3.63) is 89.3 Å². The van der Waals surface area contributed by atoms with Gasteiger partial charge in [0.25, 0.3) is 0 Å². The molecule has 0 spiro atoms. The zero-order valence-electron chi connectivity index (χ0n) is 41.7. The topological polar surface area (TPSA) is 222 Å². The quantitative estimate of drug-likeness (QED) is 0.109. The van der Waals surface area contributed by atoms with Gasteiger partial charge in [0.2, 0.25) is 17.8 Å². The van der Waals surface area contributed by atoms with Crippen LogP contribution in [0.5, 0.6) is 5.75 Å². The number of likely N-dealkylation sites (tertiary alicyclic amines) is 3. The Labute approximate surface area is 425 Å². The highest BCUT2D eigenvalue weighted by Crippen LogP contribution is 2.39. The fraction of sp³-hybridized carbons (Fsp3) is 0.509. The first-order valence-electron chi connectivity index (χ1n) is 25.5. The van der Waals surface area contributed by atoms with Gasteiger partial charge in [-0.1, -0.05) is 57.2 Å². The zero-order chi connectivity index (χ0) is 50.3. The van der Waals surface area contributed by atoms with Crippen molar-refractivity contribution >= 4 is 46.6 Å². The van der Waals surface area contributed by atoms with Crippen molar-refractivity contribution in [3.8, 4) is 27.4 Å². The summed E-state index contributed by atoms with van der Waals surface area (Å²) in [4.78, 5) is 67.7. The van der Waals surface area contributed by atoms with Crippen LogP contribution in [-0.4, -0.2) is 150 Å². The van der Waals surface area contributed by atoms with Crippen molar-refractivity contribution in [3.63, 3.8) is 0 Å². The molecule has 4 amide bonds. The Morgan fingerprint density at radius 2 is 1.56 bits per heavy atom. The van der Waals surface area contributed by atoms with E-state index < -0.39 is 23.6 Å². The van der Waals surface area contributed by atoms with Gasteiger partial charge in [-0.3, -0.25) is 9.59 Å². The van der Waals surface area contributed by atoms with Gasteiger partial charge in [-0.2, -0.15) is 0 Å². The molecular formula is C53H67N13O5S. The maximum atomic E-state index is 14.3. The van der Waals surface area contributed by atoms with Crippen LogP contribution in [0.2, 0.25) is 0 Å². The molecule has 0 saturated carbocycles. The first kappa shape index (κ1) is 49.2. The molecule has 3 aromatic heterocycles. The molecule has 3 unspecified atom stereocenters. The van der Waals surface area contributed by atoms with E-state index in [2.05, 4.69) is 40.5 Å². The smallest absolute Gasteiger partial charge is 0.318 e. The van der Waals surface area contributed by atoms with E-state index in [1.54, 1.807) is 23.5 Å². The number of piperazine rings is 1. The Hall–Kier alpha value is -6.44. The zero-order valence-corrected chi connectivity index (χ0v) is 42.5. The monoisotopic (exact) mass is 998 g/mol. The molecule has 8 heterocycles. The number of nitrogens with one attached hydrogen (secondary N) is 2. The largest absolute Gasteiger partial charge is 0.507 e. The maximum absolute atomic E-state index is 14.3. The number of phenolic OH excluding ortho intramolecular Hbond substituents is 1. The molecule has 72 heavy (non-hydrogen) atoms. The van der Waals surface area contributed by atoms with Crippen LogP contribution in [0.25, 0.3) is 21.7 Å². The van der Waals surface area contributed by atoms with E-state index in [0.29, 0.717) is 42.1 Å². The first-order valence-corrected chi connectivity index (χ1v) is 26.4. The number of benzene rings is 2. The maximum Gasteiger partial charge on any atom is 0.318 e. The number of rotatable bonds is 11. The van der Waals surface area contributed by atoms with Gasteiger partial charge in [-0.25, -0.2) is 19.7 Å². The number of nitrogen functional groups attached to an aromatic ring is 1. The average molecular weight is 998 g/mol. The molecule has 0 aliphatic carbocycles. The van der Waals surface area contributed by atoms with Gasteiger partial charge in [0.1, 0.15) is 17.8 Å². The van der Waals surface area contributed by atoms with Crippen molar-refractivity contribution in [2.75, 3.05) is 61.3 Å². The van der Waals surface area contributed by atoms with Crippen LogP contribution in [0.4, 0.5) is 22.2 Å². The second kappa shape index (κ2) is 20.6. The van der Waals surface area contributed by atoms with Crippen LogP contribution in [0, 0.1) is 12.3 Å². The number of carbonyl (C=O) groups excluding carboxylic acids is 3. The summed E-state index contributed by atoms with van der Waals surface area (Å²) in [6, 6.07) is 15.8. The third-order valence-electron chi connectivity index (χ3n) is 15.6. The van der Waals surface area contributed by atoms with Gasteiger partial charge in [0, 0.05) is 81.8 Å². The molecule has 5 aliphatic rings. The molecule has 0 radical (unpaired) electrons. The number of carbonyl (C=O) groups is 3. The third kappa shape index (κ3) is 10.3. The van der Waals surface area contributed by atoms with Crippen LogP contribution in [0.15, 0.2) is 72.5 Å². The predicted molar refractivity (Wildman–Crippen MR) is 277 cm³/mol. The Balaban J connectivity index is 0.686. The highest BCUT2D eigenvalue weighted by atomic mass is 32.1. The molecule has 5 fully saturated rings. The Bertz CT molecular complexity index is 2720. The van der Waals surface area contributed by atoms with Gasteiger partial charge in [-0.05, 0) is 105 Å². The Morgan fingerprint density at radius 3 is 2.21 bits per heavy atom. The number of aromatic hydroxyl groups is 1. The number of fused-ring (bicyclic) bond motifs is 2. The predicted octanol–water partition coefficient (Wildman–Crippen LogP) is 5.56. The minimum atomic E-state index is -0.898. The average Bonchev–Trinajstić information content (AvgIpc) is 4.08. The minimum absolute atomic E-state index is 0.0236. The van der Waals surface area contributed by atoms with Gasteiger partial charge in [0.05, 0.1) is 33.6 Å². The van der Waals surface area contributed by atoms with Crippen molar-refractivity contribution in [2.24, 2.45) is 5.41 Å². The van der Waals surface area contributed by atoms with E-state index in [1.807, 2.05) is 93.0 Å². The molecule has 2 aromatic carbocycles. The molecule has 18 nitrogen and oxygen atoms in total. The first-order chi connectivity index (χ1) is 34.7. The number of aliphatic hydroxyl groups excluding tert-OH is 1. The van der Waals surface area contributed by atoms with E-state index in [9.17, 15) is 24.6 Å². The van der Waals surface area contributed by atoms with Crippen molar-refractivity contribution in [1.29, 1.82) is 0 Å². The number of amides is 4. The lowest BCUT2D eigenvalue weighted by molar-refractivity contribution is -0.142. The number of thiazole rings is 1. The minimum Gasteiger partial charge on any atom is -0.507 e. The lowest BCUT2D eigenvalue weighted by atomic mass is 9.85. The molecule has 10 rings (SSSR count). The number of piperidine rings is 2. The summed E-state index contributed by atoms with van der Waals surface area (Å²) in [5, 5.41) is 35.8. The van der Waals surface area contributed by atoms with E-state index in [1.165, 1.54) is 10.5 Å². The van der Waals surface area contributed by atoms with Crippen molar-refractivity contribution in [2.45, 2.75) is 121 Å². The van der Waals surface area contributed by atoms with Crippen molar-refractivity contribution in [1.82, 2.24) is 50.5 Å². The number of aryl methyl sites for hydroxylation is 1. The Morgan fingerprint density at radius 1 is 0.861 bits per heavy atom. The van der Waals surface area contributed by atoms with Gasteiger partial charge in [-0.15, -0.1) is 21.5 Å². The molecule has 2 bridgehead atoms. The van der Waals surface area contributed by atoms with Crippen LogP contribution in [0.1, 0.15) is 88.5 Å². The number of phenols is 1. The molecule has 19 heteroatoms. The van der Waals surface area contributed by atoms with E-state index in [-0.39, 0.29) is 55.2 Å². The lowest BCUT2D eigenvalue weighted by Gasteiger charge is -2.43. The molecule has 6 N–H and O–H groups in total. The van der Waals surface area contributed by atoms with E-state index in [0.717, 1.165) is 98.0 Å². The number of anilines is 3. The molecule has 5 atom stereocenters. The van der Waals surface area contributed by atoms with Gasteiger partial charge in [0.15, 0.2) is 5.82 Å². The summed E-state index contributed by atoms with van der Waals surface area (Å²) >= 11 is 1.59. The molecule has 5 saturated heterocycles. The van der Waals surface area contributed by atoms with Crippen molar-refractivity contribution < 1.29 is 24.6 Å². The summed E-state index contributed by atoms with van der Waals surface area (Å²) in [6.45, 7) is 12.6. The van der Waals surface area contributed by atoms with Crippen LogP contribution in [-0.2, 0) is 16.1 Å². The standard InChI is InChI=1S/C53H67N13O5S/c1-32-46(72-31-58-32)35-11-9-33(10-12-35)25-55-49(69)44-23-40(67)30-65(44)50(70)47(53(2,3)4)59-52(71)63-21-17-37(18-22-63)62-19-15-34(16-20-62)36-26-56-51(57-27-36)66-38-13-14-39(66)29-64(28-38)43-24-42(60-61-48(43)54)41-7-5-6-8-45(41)68/h5-12,24,26-27,31,34,37-40,44,47,67-68H,13-23,25,28-30H2,1-4H3,(H2,54,61)(H,55,69)(H,59,71)/t38?,39?,40-,44+,47?/m1/s1. The number of nitrogens with two attached hydrogens (primary N) is 1. The molecule has 5 aliphatic heterocycles. The second-order valence-corrected chi connectivity index (χ2v) is 22.2. The summed E-state index contributed by atoms with van der Waals surface area (Å²) in [5.41, 5.74) is 13.7. The number of urea groups is 1. The molecule has 380 valence electrons. The van der Waals surface area contributed by atoms with Gasteiger partial charge < -0.3 is 51.1 Å². The summed E-state index contributed by atoms with van der Waals surface area (Å²) in [6.07, 6.45) is 9.12. The van der Waals surface area contributed by atoms with E-state index >= 15 is 0 Å². The number of hydrogen-bond donors (Lipinski definition) is 5. The fourth-order valence-corrected chi connectivity index (χ4v) is 12.4. The fourth-order valence-electron chi connectivity index (χ4n) is 11.6. The number of nitrogens with zero attached hydrogens (tertiary/aromatic N) is 10. The SMILES string of the molecule is Cc1ncsc1-c1ccc(CNC(=O)[C@@H]2C[C@@H](O)CN2C(=O)C(NC(=O)N2CCC(N3CCC(c4cnc(N5C6CCC5CN(c5cc(-c7ccccc7O)nnc5N)C6)nc4)CC3)CC2)C(C)(C)C)cc1. The number of β-amino-alcohol motifs (C(OH)–C–C–N with tert-alkyl or cyclic N) is 1. The summed E-state index contributed by atoms with van der Waals surface area (Å²) < 4.78 is 0. The third-order valence-corrected chi connectivity index (χ3v) is 16.6. The summed E-state index contributed by atoms with van der Waals surface area (Å²) in [5.74, 6) is 0.972. The number of hydrogen-bond acceptors (Lipinski definition) is 15. The Kier molecular flexibility index (Phi) is 14.1. The van der Waals surface area contributed by atoms with Crippen LogP contribution < -0.4 is 26.2 Å². The lowest BCUT2D eigenvalue weighted by Crippen LogP contribution is -2.60. The van der Waals surface area contributed by atoms with Crippen LogP contribution >= 0.6 is 11.3 Å². The number of aliphatic hydroxyl groups is 1. The normalized spacial score (nSPS) is 22.6. The number of aromatic nitrogens is 5. The molecule has 5 aromatic rings.